The first-order chi connectivity index (χ1) is 9.15. The zero-order valence-electron chi connectivity index (χ0n) is 12.2. The topological polar surface area (TPSA) is 30.5 Å². The van der Waals surface area contributed by atoms with Crippen molar-refractivity contribution in [2.24, 2.45) is 0 Å². The van der Waals surface area contributed by atoms with E-state index < -0.39 is 0 Å². The van der Waals surface area contributed by atoms with E-state index in [0.29, 0.717) is 12.1 Å². The lowest BCUT2D eigenvalue weighted by Gasteiger charge is -2.27. The van der Waals surface area contributed by atoms with Gasteiger partial charge in [0.2, 0.25) is 0 Å². The van der Waals surface area contributed by atoms with Gasteiger partial charge in [0.1, 0.15) is 5.75 Å². The number of hydrogen-bond donors (Lipinski definition) is 1. The molecule has 2 atom stereocenters. The average Bonchev–Trinajstić information content (AvgIpc) is 2.39. The molecule has 1 aromatic carbocycles. The minimum absolute atomic E-state index is 0.213. The van der Waals surface area contributed by atoms with Crippen LogP contribution >= 0.6 is 0 Å². The minimum Gasteiger partial charge on any atom is -0.491 e. The fraction of sp³-hybridized carbons (Fsp3) is 0.625. The lowest BCUT2D eigenvalue weighted by Crippen LogP contribution is -2.38. The van der Waals surface area contributed by atoms with E-state index in [-0.39, 0.29) is 6.10 Å². The van der Waals surface area contributed by atoms with E-state index in [0.717, 1.165) is 25.4 Å². The lowest BCUT2D eigenvalue weighted by atomic mass is 10.0. The van der Waals surface area contributed by atoms with Gasteiger partial charge in [0.15, 0.2) is 0 Å². The van der Waals surface area contributed by atoms with Gasteiger partial charge in [-0.05, 0) is 51.3 Å². The maximum Gasteiger partial charge on any atom is 0.120 e. The third-order valence-electron chi connectivity index (χ3n) is 3.38. The Labute approximate surface area is 116 Å². The summed E-state index contributed by atoms with van der Waals surface area (Å²) >= 11 is 0. The number of rotatable bonds is 5. The lowest BCUT2D eigenvalue weighted by molar-refractivity contribution is 0.0671. The second-order valence-electron chi connectivity index (χ2n) is 5.54. The van der Waals surface area contributed by atoms with E-state index in [9.17, 15) is 0 Å². The van der Waals surface area contributed by atoms with E-state index in [1.54, 1.807) is 0 Å². The number of hydrogen-bond acceptors (Lipinski definition) is 3. The van der Waals surface area contributed by atoms with Crippen LogP contribution in [0.1, 0.15) is 45.2 Å². The van der Waals surface area contributed by atoms with Gasteiger partial charge < -0.3 is 14.8 Å². The Morgan fingerprint density at radius 3 is 2.84 bits per heavy atom. The summed E-state index contributed by atoms with van der Waals surface area (Å²) in [6, 6.07) is 9.14. The van der Waals surface area contributed by atoms with Crippen LogP contribution in [-0.4, -0.2) is 25.4 Å². The molecular weight excluding hydrogens is 238 g/mol. The van der Waals surface area contributed by atoms with Crippen LogP contribution in [0.2, 0.25) is 0 Å². The summed E-state index contributed by atoms with van der Waals surface area (Å²) in [6.07, 6.45) is 2.57. The van der Waals surface area contributed by atoms with Gasteiger partial charge in [-0.2, -0.15) is 0 Å². The largest absolute Gasteiger partial charge is 0.491 e. The smallest absolute Gasteiger partial charge is 0.120 e. The van der Waals surface area contributed by atoms with Crippen molar-refractivity contribution in [3.8, 4) is 5.75 Å². The molecule has 1 N–H and O–H groups in total. The van der Waals surface area contributed by atoms with Crippen LogP contribution in [0.3, 0.4) is 0 Å². The van der Waals surface area contributed by atoms with E-state index in [1.807, 2.05) is 19.9 Å². The van der Waals surface area contributed by atoms with Crippen LogP contribution in [0, 0.1) is 0 Å². The quantitative estimate of drug-likeness (QED) is 0.884. The molecule has 106 valence electrons. The van der Waals surface area contributed by atoms with Crippen molar-refractivity contribution in [3.05, 3.63) is 29.8 Å². The molecule has 1 fully saturated rings. The summed E-state index contributed by atoms with van der Waals surface area (Å²) in [6.45, 7) is 8.03. The van der Waals surface area contributed by atoms with Crippen molar-refractivity contribution >= 4 is 0 Å². The maximum absolute atomic E-state index is 5.74. The molecule has 0 aliphatic carbocycles. The van der Waals surface area contributed by atoms with Crippen LogP contribution in [0.4, 0.5) is 0 Å². The van der Waals surface area contributed by atoms with Crippen LogP contribution in [-0.2, 0) is 4.74 Å². The van der Waals surface area contributed by atoms with Gasteiger partial charge in [0.05, 0.1) is 12.7 Å². The Balaban J connectivity index is 1.95. The van der Waals surface area contributed by atoms with Gasteiger partial charge in [-0.25, -0.2) is 0 Å². The van der Waals surface area contributed by atoms with Crippen molar-refractivity contribution in [1.82, 2.24) is 5.32 Å². The molecule has 0 amide bonds. The molecule has 0 radical (unpaired) electrons. The van der Waals surface area contributed by atoms with Crippen LogP contribution in [0.15, 0.2) is 24.3 Å². The summed E-state index contributed by atoms with van der Waals surface area (Å²) in [5.74, 6) is 0.945. The second kappa shape index (κ2) is 6.92. The molecule has 1 aliphatic rings. The van der Waals surface area contributed by atoms with Crippen molar-refractivity contribution < 1.29 is 9.47 Å². The van der Waals surface area contributed by atoms with Gasteiger partial charge in [0.25, 0.3) is 0 Å². The Morgan fingerprint density at radius 1 is 1.32 bits per heavy atom. The molecule has 1 saturated heterocycles. The fourth-order valence-corrected chi connectivity index (χ4v) is 2.45. The van der Waals surface area contributed by atoms with Crippen molar-refractivity contribution in [2.75, 3.05) is 13.2 Å². The number of ether oxygens (including phenoxy) is 2. The van der Waals surface area contributed by atoms with Crippen LogP contribution < -0.4 is 10.1 Å². The first-order valence-electron chi connectivity index (χ1n) is 7.25. The van der Waals surface area contributed by atoms with Gasteiger partial charge in [-0.3, -0.25) is 0 Å². The predicted molar refractivity (Wildman–Crippen MR) is 77.6 cm³/mol. The molecule has 3 nitrogen and oxygen atoms in total. The normalized spacial score (nSPS) is 21.4. The minimum atomic E-state index is 0.213. The van der Waals surface area contributed by atoms with Crippen LogP contribution in [0.5, 0.6) is 5.75 Å². The van der Waals surface area contributed by atoms with Gasteiger partial charge in [-0.1, -0.05) is 12.1 Å². The molecular formula is C16H25NO2. The second-order valence-corrected chi connectivity index (χ2v) is 5.54. The molecule has 0 spiro atoms. The third-order valence-corrected chi connectivity index (χ3v) is 3.38. The highest BCUT2D eigenvalue weighted by atomic mass is 16.5. The maximum atomic E-state index is 5.74. The number of benzene rings is 1. The zero-order valence-corrected chi connectivity index (χ0v) is 12.2. The first-order valence-corrected chi connectivity index (χ1v) is 7.25. The summed E-state index contributed by atoms with van der Waals surface area (Å²) < 4.78 is 11.3. The molecule has 2 unspecified atom stereocenters. The summed E-state index contributed by atoms with van der Waals surface area (Å²) in [4.78, 5) is 0. The van der Waals surface area contributed by atoms with Gasteiger partial charge >= 0.3 is 0 Å². The fourth-order valence-electron chi connectivity index (χ4n) is 2.45. The molecule has 1 aliphatic heterocycles. The molecule has 1 heterocycles. The van der Waals surface area contributed by atoms with Crippen molar-refractivity contribution in [3.63, 3.8) is 0 Å². The summed E-state index contributed by atoms with van der Waals surface area (Å²) in [7, 11) is 0. The molecule has 1 aromatic rings. The molecule has 3 heteroatoms. The molecule has 2 rings (SSSR count). The molecule has 0 aromatic heterocycles. The average molecular weight is 263 g/mol. The first kappa shape index (κ1) is 14.4. The van der Waals surface area contributed by atoms with E-state index in [1.165, 1.54) is 12.0 Å². The van der Waals surface area contributed by atoms with Crippen LogP contribution in [0.25, 0.3) is 0 Å². The van der Waals surface area contributed by atoms with E-state index >= 15 is 0 Å². The molecule has 0 bridgehead atoms. The standard InChI is InChI=1S/C16H25NO2/c1-12(2)19-16-8-4-6-14(10-16)13(3)17-15-7-5-9-18-11-15/h4,6,8,10,12-13,15,17H,5,7,9,11H2,1-3H3. The molecule has 0 saturated carbocycles. The summed E-state index contributed by atoms with van der Waals surface area (Å²) in [5, 5.41) is 3.64. The Kier molecular flexibility index (Phi) is 5.23. The third kappa shape index (κ3) is 4.51. The predicted octanol–water partition coefficient (Wildman–Crippen LogP) is 3.30. The Morgan fingerprint density at radius 2 is 2.16 bits per heavy atom. The van der Waals surface area contributed by atoms with E-state index in [2.05, 4.69) is 30.4 Å². The Bertz CT molecular complexity index is 386. The van der Waals surface area contributed by atoms with Crippen molar-refractivity contribution in [2.45, 2.75) is 51.8 Å². The molecule has 19 heavy (non-hydrogen) atoms. The van der Waals surface area contributed by atoms with Gasteiger partial charge in [0, 0.05) is 18.7 Å². The van der Waals surface area contributed by atoms with Gasteiger partial charge in [-0.15, -0.1) is 0 Å². The van der Waals surface area contributed by atoms with E-state index in [4.69, 9.17) is 9.47 Å². The highest BCUT2D eigenvalue weighted by Crippen LogP contribution is 2.21. The monoisotopic (exact) mass is 263 g/mol. The Hall–Kier alpha value is -1.06. The number of nitrogens with one attached hydrogen (secondary N) is 1. The zero-order chi connectivity index (χ0) is 13.7. The highest BCUT2D eigenvalue weighted by Gasteiger charge is 2.17. The summed E-state index contributed by atoms with van der Waals surface area (Å²) in [5.41, 5.74) is 1.27. The van der Waals surface area contributed by atoms with Crippen molar-refractivity contribution in [1.29, 1.82) is 0 Å². The highest BCUT2D eigenvalue weighted by molar-refractivity contribution is 5.30. The SMILES string of the molecule is CC(C)Oc1cccc(C(C)NC2CCCOC2)c1.